The zero-order chi connectivity index (χ0) is 14.7. The third kappa shape index (κ3) is 3.58. The number of carbonyl (C=O) groups is 1. The lowest BCUT2D eigenvalue weighted by Crippen LogP contribution is -2.47. The number of amides is 1. The van der Waals surface area contributed by atoms with Crippen LogP contribution in [0.5, 0.6) is 0 Å². The van der Waals surface area contributed by atoms with Crippen molar-refractivity contribution >= 4 is 17.5 Å². The van der Waals surface area contributed by atoms with Crippen molar-refractivity contribution in [3.63, 3.8) is 0 Å². The minimum absolute atomic E-state index is 0.244. The van der Waals surface area contributed by atoms with E-state index in [1.54, 1.807) is 0 Å². The van der Waals surface area contributed by atoms with Crippen LogP contribution in [0.2, 0.25) is 5.02 Å². The average molecular weight is 308 g/mol. The molecule has 0 N–H and O–H groups in total. The minimum Gasteiger partial charge on any atom is -0.381 e. The van der Waals surface area contributed by atoms with Crippen molar-refractivity contribution in [3.8, 4) is 0 Å². The van der Waals surface area contributed by atoms with Gasteiger partial charge in [0.15, 0.2) is 0 Å². The number of halogens is 1. The van der Waals surface area contributed by atoms with E-state index in [9.17, 15) is 4.79 Å². The number of rotatable bonds is 4. The van der Waals surface area contributed by atoms with Crippen molar-refractivity contribution < 1.29 is 9.53 Å². The number of likely N-dealkylation sites (tertiary alicyclic amines) is 1. The van der Waals surface area contributed by atoms with E-state index in [0.717, 1.165) is 57.0 Å². The Kier molecular flexibility index (Phi) is 4.51. The Morgan fingerprint density at radius 2 is 2.05 bits per heavy atom. The maximum atomic E-state index is 12.1. The number of aryl methyl sites for hydroxylation is 1. The fraction of sp³-hybridized carbons (Fsp3) is 0.588. The molecule has 3 nitrogen and oxygen atoms in total. The highest BCUT2D eigenvalue weighted by atomic mass is 35.5. The van der Waals surface area contributed by atoms with Gasteiger partial charge in [-0.05, 0) is 43.4 Å². The smallest absolute Gasteiger partial charge is 0.222 e. The summed E-state index contributed by atoms with van der Waals surface area (Å²) in [5.41, 5.74) is 1.52. The van der Waals surface area contributed by atoms with E-state index in [-0.39, 0.29) is 5.41 Å². The largest absolute Gasteiger partial charge is 0.381 e. The first-order valence-corrected chi connectivity index (χ1v) is 8.15. The standard InChI is InChI=1S/C17H22ClNO2/c18-15-5-3-14(4-6-15)2-1-10-19-12-17(8-7-16(19)20)9-11-21-13-17/h3-6H,1-2,7-13H2/t17-/m0/s1. The molecule has 2 heterocycles. The third-order valence-electron chi connectivity index (χ3n) is 4.74. The number of carbonyl (C=O) groups excluding carboxylic acids is 1. The van der Waals surface area contributed by atoms with Crippen LogP contribution < -0.4 is 0 Å². The van der Waals surface area contributed by atoms with Gasteiger partial charge in [-0.15, -0.1) is 0 Å². The summed E-state index contributed by atoms with van der Waals surface area (Å²) in [5.74, 6) is 0.309. The fourth-order valence-corrected chi connectivity index (χ4v) is 3.53. The zero-order valence-electron chi connectivity index (χ0n) is 12.3. The molecule has 1 aromatic carbocycles. The molecule has 1 aromatic rings. The molecule has 2 aliphatic rings. The summed E-state index contributed by atoms with van der Waals surface area (Å²) in [6.45, 7) is 3.41. The highest BCUT2D eigenvalue weighted by molar-refractivity contribution is 6.30. The predicted molar refractivity (Wildman–Crippen MR) is 83.5 cm³/mol. The first-order valence-electron chi connectivity index (χ1n) is 7.77. The molecule has 2 fully saturated rings. The summed E-state index contributed by atoms with van der Waals surface area (Å²) in [6, 6.07) is 7.97. The zero-order valence-corrected chi connectivity index (χ0v) is 13.1. The van der Waals surface area contributed by atoms with Gasteiger partial charge in [0.2, 0.25) is 5.91 Å². The molecule has 0 bridgehead atoms. The van der Waals surface area contributed by atoms with E-state index in [1.165, 1.54) is 5.56 Å². The van der Waals surface area contributed by atoms with E-state index in [1.807, 2.05) is 17.0 Å². The van der Waals surface area contributed by atoms with Crippen molar-refractivity contribution in [2.24, 2.45) is 5.41 Å². The molecule has 0 aromatic heterocycles. The van der Waals surface area contributed by atoms with Crippen molar-refractivity contribution in [2.75, 3.05) is 26.3 Å². The van der Waals surface area contributed by atoms with Gasteiger partial charge in [-0.2, -0.15) is 0 Å². The molecule has 2 saturated heterocycles. The summed E-state index contributed by atoms with van der Waals surface area (Å²) >= 11 is 5.89. The molecule has 2 aliphatic heterocycles. The van der Waals surface area contributed by atoms with Crippen LogP contribution in [0.15, 0.2) is 24.3 Å². The van der Waals surface area contributed by atoms with Crippen LogP contribution in [0, 0.1) is 5.41 Å². The molecule has 1 atom stereocenters. The van der Waals surface area contributed by atoms with Gasteiger partial charge in [-0.3, -0.25) is 4.79 Å². The molecule has 0 radical (unpaired) electrons. The third-order valence-corrected chi connectivity index (χ3v) is 4.99. The van der Waals surface area contributed by atoms with E-state index >= 15 is 0 Å². The van der Waals surface area contributed by atoms with E-state index in [2.05, 4.69) is 12.1 Å². The van der Waals surface area contributed by atoms with Gasteiger partial charge in [0.25, 0.3) is 0 Å². The highest BCUT2D eigenvalue weighted by Gasteiger charge is 2.41. The Labute approximate surface area is 131 Å². The summed E-state index contributed by atoms with van der Waals surface area (Å²) < 4.78 is 5.56. The lowest BCUT2D eigenvalue weighted by Gasteiger charge is -2.39. The molecule has 114 valence electrons. The van der Waals surface area contributed by atoms with E-state index in [0.29, 0.717) is 12.3 Å². The molecular weight excluding hydrogens is 286 g/mol. The quantitative estimate of drug-likeness (QED) is 0.854. The van der Waals surface area contributed by atoms with E-state index < -0.39 is 0 Å². The van der Waals surface area contributed by atoms with E-state index in [4.69, 9.17) is 16.3 Å². The van der Waals surface area contributed by atoms with Crippen LogP contribution in [0.3, 0.4) is 0 Å². The monoisotopic (exact) mass is 307 g/mol. The second-order valence-corrected chi connectivity index (χ2v) is 6.78. The number of piperidine rings is 1. The summed E-state index contributed by atoms with van der Waals surface area (Å²) in [4.78, 5) is 14.1. The molecule has 3 rings (SSSR count). The molecule has 0 unspecified atom stereocenters. The van der Waals surface area contributed by atoms with Gasteiger partial charge in [0.1, 0.15) is 0 Å². The molecule has 21 heavy (non-hydrogen) atoms. The Hall–Kier alpha value is -1.06. The second-order valence-electron chi connectivity index (χ2n) is 6.35. The molecule has 1 spiro atoms. The van der Waals surface area contributed by atoms with Crippen LogP contribution in [0.1, 0.15) is 31.2 Å². The van der Waals surface area contributed by atoms with Crippen molar-refractivity contribution in [3.05, 3.63) is 34.9 Å². The number of hydrogen-bond acceptors (Lipinski definition) is 2. The van der Waals surface area contributed by atoms with Crippen molar-refractivity contribution in [1.82, 2.24) is 4.90 Å². The first-order chi connectivity index (χ1) is 10.2. The summed E-state index contributed by atoms with van der Waals surface area (Å²) in [5, 5.41) is 0.771. The maximum Gasteiger partial charge on any atom is 0.222 e. The summed E-state index contributed by atoms with van der Waals surface area (Å²) in [7, 11) is 0. The average Bonchev–Trinajstić information content (AvgIpc) is 2.93. The Balaban J connectivity index is 1.51. The van der Waals surface area contributed by atoms with Crippen LogP contribution in [-0.2, 0) is 16.0 Å². The van der Waals surface area contributed by atoms with Crippen LogP contribution in [-0.4, -0.2) is 37.1 Å². The van der Waals surface area contributed by atoms with Crippen molar-refractivity contribution in [1.29, 1.82) is 0 Å². The number of benzene rings is 1. The lowest BCUT2D eigenvalue weighted by atomic mass is 9.79. The number of ether oxygens (including phenoxy) is 1. The van der Waals surface area contributed by atoms with Crippen LogP contribution >= 0.6 is 11.6 Å². The molecule has 4 heteroatoms. The summed E-state index contributed by atoms with van der Waals surface area (Å²) in [6.07, 6.45) is 4.78. The maximum absolute atomic E-state index is 12.1. The first kappa shape index (κ1) is 14.9. The fourth-order valence-electron chi connectivity index (χ4n) is 3.40. The van der Waals surface area contributed by atoms with Crippen LogP contribution in [0.25, 0.3) is 0 Å². The molecule has 1 amide bonds. The van der Waals surface area contributed by atoms with Gasteiger partial charge >= 0.3 is 0 Å². The number of nitrogens with zero attached hydrogens (tertiary/aromatic N) is 1. The van der Waals surface area contributed by atoms with Crippen LogP contribution in [0.4, 0.5) is 0 Å². The van der Waals surface area contributed by atoms with Gasteiger partial charge in [0, 0.05) is 36.6 Å². The van der Waals surface area contributed by atoms with Gasteiger partial charge in [-0.1, -0.05) is 23.7 Å². The Morgan fingerprint density at radius 1 is 1.24 bits per heavy atom. The SMILES string of the molecule is O=C1CC[C@]2(CCOC2)CN1CCCc1ccc(Cl)cc1. The Morgan fingerprint density at radius 3 is 2.76 bits per heavy atom. The minimum atomic E-state index is 0.244. The highest BCUT2D eigenvalue weighted by Crippen LogP contribution is 2.38. The van der Waals surface area contributed by atoms with Gasteiger partial charge < -0.3 is 9.64 Å². The number of hydrogen-bond donors (Lipinski definition) is 0. The molecule has 0 aliphatic carbocycles. The predicted octanol–water partition coefficient (Wildman–Crippen LogP) is 3.30. The topological polar surface area (TPSA) is 29.5 Å². The molecule has 0 saturated carbocycles. The molecular formula is C17H22ClNO2. The van der Waals surface area contributed by atoms with Crippen molar-refractivity contribution in [2.45, 2.75) is 32.1 Å². The second kappa shape index (κ2) is 6.37. The Bertz CT molecular complexity index is 494. The lowest BCUT2D eigenvalue weighted by molar-refractivity contribution is -0.137. The van der Waals surface area contributed by atoms with Gasteiger partial charge in [0.05, 0.1) is 6.61 Å². The normalized spacial score (nSPS) is 25.8. The van der Waals surface area contributed by atoms with Gasteiger partial charge in [-0.25, -0.2) is 0 Å².